The smallest absolute Gasteiger partial charge is 0.270 e. The molecule has 2 aromatic carbocycles. The van der Waals surface area contributed by atoms with Crippen molar-refractivity contribution in [1.82, 2.24) is 15.1 Å². The average Bonchev–Trinajstić information content (AvgIpc) is 3.05. The molecule has 0 aliphatic carbocycles. The van der Waals surface area contributed by atoms with Crippen LogP contribution in [0.15, 0.2) is 54.6 Å². The molecule has 4 heteroatoms. The first-order valence-electron chi connectivity index (χ1n) is 8.97. The minimum atomic E-state index is -0.103. The highest BCUT2D eigenvalue weighted by Gasteiger charge is 2.18. The van der Waals surface area contributed by atoms with Gasteiger partial charge in [-0.2, -0.15) is 5.10 Å². The van der Waals surface area contributed by atoms with Gasteiger partial charge >= 0.3 is 0 Å². The summed E-state index contributed by atoms with van der Waals surface area (Å²) in [6.45, 7) is 8.90. The van der Waals surface area contributed by atoms with Gasteiger partial charge in [0.2, 0.25) is 0 Å². The molecule has 0 unspecified atom stereocenters. The van der Waals surface area contributed by atoms with E-state index in [0.29, 0.717) is 18.2 Å². The number of aromatic nitrogens is 2. The Morgan fingerprint density at radius 1 is 1.08 bits per heavy atom. The molecule has 0 atom stereocenters. The summed E-state index contributed by atoms with van der Waals surface area (Å²) in [7, 11) is 0. The Kier molecular flexibility index (Phi) is 5.21. The zero-order valence-corrected chi connectivity index (χ0v) is 15.8. The lowest BCUT2D eigenvalue weighted by Crippen LogP contribution is -2.29. The summed E-state index contributed by atoms with van der Waals surface area (Å²) < 4.78 is 1.76. The number of rotatable bonds is 5. The molecule has 0 saturated carbocycles. The lowest BCUT2D eigenvalue weighted by Gasteiger charge is -2.12. The van der Waals surface area contributed by atoms with E-state index in [0.717, 1.165) is 22.5 Å². The SMILES string of the molecule is Cc1ccc(-n2nc(-c3ccccc3)cc2C(=O)NCC(C)C)c(C)c1. The van der Waals surface area contributed by atoms with E-state index in [-0.39, 0.29) is 5.91 Å². The highest BCUT2D eigenvalue weighted by Crippen LogP contribution is 2.23. The van der Waals surface area contributed by atoms with Gasteiger partial charge in [-0.25, -0.2) is 4.68 Å². The molecule has 0 aliphatic heterocycles. The quantitative estimate of drug-likeness (QED) is 0.736. The second-order valence-corrected chi connectivity index (χ2v) is 7.09. The number of amides is 1. The predicted molar refractivity (Wildman–Crippen MR) is 106 cm³/mol. The van der Waals surface area contributed by atoms with Crippen LogP contribution in [0.1, 0.15) is 35.5 Å². The molecule has 4 nitrogen and oxygen atoms in total. The van der Waals surface area contributed by atoms with Gasteiger partial charge in [0.1, 0.15) is 5.69 Å². The van der Waals surface area contributed by atoms with Gasteiger partial charge in [0.15, 0.2) is 0 Å². The maximum absolute atomic E-state index is 12.8. The first-order chi connectivity index (χ1) is 12.5. The fraction of sp³-hybridized carbons (Fsp3) is 0.273. The zero-order valence-electron chi connectivity index (χ0n) is 15.8. The molecule has 3 rings (SSSR count). The molecule has 1 aromatic heterocycles. The normalized spacial score (nSPS) is 11.0. The number of nitrogens with zero attached hydrogens (tertiary/aromatic N) is 2. The van der Waals surface area contributed by atoms with E-state index in [2.05, 4.69) is 32.2 Å². The first kappa shape index (κ1) is 17.9. The lowest BCUT2D eigenvalue weighted by atomic mass is 10.1. The molecule has 0 radical (unpaired) electrons. The van der Waals surface area contributed by atoms with Crippen molar-refractivity contribution in [3.63, 3.8) is 0 Å². The highest BCUT2D eigenvalue weighted by molar-refractivity contribution is 5.94. The minimum absolute atomic E-state index is 0.103. The van der Waals surface area contributed by atoms with Gasteiger partial charge in [-0.3, -0.25) is 4.79 Å². The van der Waals surface area contributed by atoms with Crippen LogP contribution in [-0.2, 0) is 0 Å². The van der Waals surface area contributed by atoms with E-state index in [9.17, 15) is 4.79 Å². The van der Waals surface area contributed by atoms with Gasteiger partial charge in [0.05, 0.1) is 11.4 Å². The number of hydrogen-bond donors (Lipinski definition) is 1. The number of carbonyl (C=O) groups is 1. The summed E-state index contributed by atoms with van der Waals surface area (Å²) in [6, 6.07) is 18.0. The molecule has 3 aromatic rings. The van der Waals surface area contributed by atoms with E-state index in [1.165, 1.54) is 5.56 Å². The number of benzene rings is 2. The molecule has 0 saturated heterocycles. The number of nitrogens with one attached hydrogen (secondary N) is 1. The van der Waals surface area contributed by atoms with Crippen LogP contribution < -0.4 is 5.32 Å². The molecule has 26 heavy (non-hydrogen) atoms. The summed E-state index contributed by atoms with van der Waals surface area (Å²) >= 11 is 0. The predicted octanol–water partition coefficient (Wildman–Crippen LogP) is 4.54. The van der Waals surface area contributed by atoms with Crippen molar-refractivity contribution >= 4 is 5.91 Å². The van der Waals surface area contributed by atoms with E-state index in [1.807, 2.05) is 55.5 Å². The average molecular weight is 347 g/mol. The van der Waals surface area contributed by atoms with E-state index >= 15 is 0 Å². The Balaban J connectivity index is 2.08. The summed E-state index contributed by atoms with van der Waals surface area (Å²) in [5, 5.41) is 7.75. The molecular weight excluding hydrogens is 322 g/mol. The van der Waals surface area contributed by atoms with Crippen molar-refractivity contribution in [2.24, 2.45) is 5.92 Å². The summed E-state index contributed by atoms with van der Waals surface area (Å²) in [5.41, 5.74) is 5.54. The Labute approximate surface area is 154 Å². The van der Waals surface area contributed by atoms with Crippen molar-refractivity contribution in [2.45, 2.75) is 27.7 Å². The summed E-state index contributed by atoms with van der Waals surface area (Å²) in [6.07, 6.45) is 0. The van der Waals surface area contributed by atoms with Crippen molar-refractivity contribution in [3.05, 3.63) is 71.4 Å². The maximum atomic E-state index is 12.8. The molecule has 0 bridgehead atoms. The van der Waals surface area contributed by atoms with E-state index in [4.69, 9.17) is 5.10 Å². The fourth-order valence-corrected chi connectivity index (χ4v) is 2.91. The topological polar surface area (TPSA) is 46.9 Å². The van der Waals surface area contributed by atoms with Crippen molar-refractivity contribution < 1.29 is 4.79 Å². The van der Waals surface area contributed by atoms with Crippen molar-refractivity contribution in [2.75, 3.05) is 6.54 Å². The fourth-order valence-electron chi connectivity index (χ4n) is 2.91. The largest absolute Gasteiger partial charge is 0.350 e. The van der Waals surface area contributed by atoms with E-state index < -0.39 is 0 Å². The molecule has 134 valence electrons. The minimum Gasteiger partial charge on any atom is -0.350 e. The third kappa shape index (κ3) is 3.85. The highest BCUT2D eigenvalue weighted by atomic mass is 16.2. The number of carbonyl (C=O) groups excluding carboxylic acids is 1. The second-order valence-electron chi connectivity index (χ2n) is 7.09. The van der Waals surface area contributed by atoms with Gasteiger partial charge in [-0.15, -0.1) is 0 Å². The van der Waals surface area contributed by atoms with Crippen LogP contribution in [0, 0.1) is 19.8 Å². The van der Waals surface area contributed by atoms with Crippen molar-refractivity contribution in [3.8, 4) is 16.9 Å². The summed E-state index contributed by atoms with van der Waals surface area (Å²) in [4.78, 5) is 12.8. The molecule has 1 heterocycles. The van der Waals surface area contributed by atoms with Crippen molar-refractivity contribution in [1.29, 1.82) is 0 Å². The van der Waals surface area contributed by atoms with Gasteiger partial charge in [-0.05, 0) is 37.5 Å². The second kappa shape index (κ2) is 7.56. The van der Waals surface area contributed by atoms with Crippen LogP contribution in [-0.4, -0.2) is 22.2 Å². The third-order valence-corrected chi connectivity index (χ3v) is 4.26. The first-order valence-corrected chi connectivity index (χ1v) is 8.97. The van der Waals surface area contributed by atoms with Gasteiger partial charge in [0.25, 0.3) is 5.91 Å². The lowest BCUT2D eigenvalue weighted by molar-refractivity contribution is 0.0941. The standard InChI is InChI=1S/C22H25N3O/c1-15(2)14-23-22(26)21-13-19(18-8-6-5-7-9-18)24-25(21)20-11-10-16(3)12-17(20)4/h5-13,15H,14H2,1-4H3,(H,23,26). The Morgan fingerprint density at radius 3 is 2.46 bits per heavy atom. The van der Waals surface area contributed by atoms with Gasteiger partial charge in [0, 0.05) is 12.1 Å². The Morgan fingerprint density at radius 2 is 1.81 bits per heavy atom. The number of hydrogen-bond acceptors (Lipinski definition) is 2. The van der Waals surface area contributed by atoms with Crippen LogP contribution in [0.2, 0.25) is 0 Å². The van der Waals surface area contributed by atoms with Crippen LogP contribution in [0.4, 0.5) is 0 Å². The third-order valence-electron chi connectivity index (χ3n) is 4.26. The maximum Gasteiger partial charge on any atom is 0.270 e. The van der Waals surface area contributed by atoms with Crippen LogP contribution in [0.3, 0.4) is 0 Å². The van der Waals surface area contributed by atoms with Crippen LogP contribution in [0.25, 0.3) is 16.9 Å². The Bertz CT molecular complexity index is 910. The molecule has 1 amide bonds. The molecule has 1 N–H and O–H groups in total. The summed E-state index contributed by atoms with van der Waals surface area (Å²) in [5.74, 6) is 0.290. The van der Waals surface area contributed by atoms with Gasteiger partial charge in [-0.1, -0.05) is 61.9 Å². The number of aryl methyl sites for hydroxylation is 2. The molecule has 0 fully saturated rings. The molecular formula is C22H25N3O. The Hall–Kier alpha value is -2.88. The van der Waals surface area contributed by atoms with Gasteiger partial charge < -0.3 is 5.32 Å². The zero-order chi connectivity index (χ0) is 18.7. The van der Waals surface area contributed by atoms with Crippen LogP contribution >= 0.6 is 0 Å². The van der Waals surface area contributed by atoms with E-state index in [1.54, 1.807) is 4.68 Å². The molecule has 0 aliphatic rings. The molecule has 0 spiro atoms. The monoisotopic (exact) mass is 347 g/mol. The van der Waals surface area contributed by atoms with Crippen LogP contribution in [0.5, 0.6) is 0 Å².